The van der Waals surface area contributed by atoms with Gasteiger partial charge in [0.1, 0.15) is 0 Å². The molecule has 0 amide bonds. The van der Waals surface area contributed by atoms with Crippen molar-refractivity contribution < 1.29 is 14.2 Å². The molecule has 0 bridgehead atoms. The molecule has 0 unspecified atom stereocenters. The van der Waals surface area contributed by atoms with Gasteiger partial charge in [0.2, 0.25) is 0 Å². The lowest BCUT2D eigenvalue weighted by Gasteiger charge is -1.72. The van der Waals surface area contributed by atoms with Crippen molar-refractivity contribution in [3.05, 3.63) is 0 Å². The van der Waals surface area contributed by atoms with Gasteiger partial charge in [0.15, 0.2) is 6.79 Å². The Balaban J connectivity index is 2.40. The van der Waals surface area contributed by atoms with Gasteiger partial charge in [0.25, 0.3) is 0 Å². The highest BCUT2D eigenvalue weighted by molar-refractivity contribution is 7.17. The molecule has 0 heterocycles. The molecule has 0 atom stereocenters. The summed E-state index contributed by atoms with van der Waals surface area (Å²) < 4.78 is 12.9. The minimum absolute atomic E-state index is 0.470. The zero-order valence-corrected chi connectivity index (χ0v) is 3.31. The van der Waals surface area contributed by atoms with E-state index in [1.54, 1.807) is 0 Å². The van der Waals surface area contributed by atoms with Gasteiger partial charge in [-0.3, -0.25) is 4.52 Å². The summed E-state index contributed by atoms with van der Waals surface area (Å²) in [6.45, 7) is -0.481. The predicted octanol–water partition coefficient (Wildman–Crippen LogP) is 0.159. The van der Waals surface area contributed by atoms with Crippen LogP contribution < -0.4 is 0 Å². The molecule has 30 valence electrons. The summed E-state index contributed by atoms with van der Waals surface area (Å²) in [7, 11) is -0.470. The molecule has 0 aliphatic carbocycles. The van der Waals surface area contributed by atoms with E-state index < -0.39 is 15.5 Å². The fourth-order valence-electron chi connectivity index (χ4n) is 0.0236. The SMILES string of the molecule is O=POCO. The van der Waals surface area contributed by atoms with Crippen LogP contribution in [0.3, 0.4) is 0 Å². The van der Waals surface area contributed by atoms with Gasteiger partial charge < -0.3 is 5.11 Å². The van der Waals surface area contributed by atoms with Crippen LogP contribution in [0.5, 0.6) is 0 Å². The number of aliphatic hydroxyl groups excluding tert-OH is 1. The Morgan fingerprint density at radius 1 is 2.00 bits per heavy atom. The molecule has 0 saturated carbocycles. The molecule has 4 heteroatoms. The maximum absolute atomic E-state index is 9.12. The smallest absolute Gasteiger partial charge is 0.329 e. The average molecular weight is 94.0 g/mol. The van der Waals surface area contributed by atoms with Crippen molar-refractivity contribution in [3.63, 3.8) is 0 Å². The third-order valence-electron chi connectivity index (χ3n) is 0.110. The molecule has 5 heavy (non-hydrogen) atoms. The largest absolute Gasteiger partial charge is 0.370 e. The van der Waals surface area contributed by atoms with Gasteiger partial charge in [-0.1, -0.05) is 0 Å². The van der Waals surface area contributed by atoms with Crippen LogP contribution in [-0.2, 0) is 9.09 Å². The van der Waals surface area contributed by atoms with E-state index in [9.17, 15) is 0 Å². The summed E-state index contributed by atoms with van der Waals surface area (Å²) in [5.41, 5.74) is 0. The Morgan fingerprint density at radius 3 is 2.60 bits per heavy atom. The predicted molar refractivity (Wildman–Crippen MR) is 15.8 cm³/mol. The second-order valence-corrected chi connectivity index (χ2v) is 0.740. The molecular weight excluding hydrogens is 91.0 g/mol. The summed E-state index contributed by atoms with van der Waals surface area (Å²) in [5.74, 6) is 0. The minimum Gasteiger partial charge on any atom is -0.370 e. The summed E-state index contributed by atoms with van der Waals surface area (Å²) in [6.07, 6.45) is 0. The summed E-state index contributed by atoms with van der Waals surface area (Å²) in [5, 5.41) is 7.64. The summed E-state index contributed by atoms with van der Waals surface area (Å²) in [4.78, 5) is 0. The van der Waals surface area contributed by atoms with Crippen molar-refractivity contribution in [1.29, 1.82) is 0 Å². The maximum atomic E-state index is 9.12. The molecule has 0 aromatic rings. The van der Waals surface area contributed by atoms with E-state index >= 15 is 0 Å². The number of hydrogen-bond donors (Lipinski definition) is 1. The fourth-order valence-corrected chi connectivity index (χ4v) is 0.0707. The molecule has 1 N–H and O–H groups in total. The van der Waals surface area contributed by atoms with Crippen LogP contribution in [0.2, 0.25) is 0 Å². The zero-order chi connectivity index (χ0) is 4.12. The van der Waals surface area contributed by atoms with Crippen LogP contribution in [-0.4, -0.2) is 11.9 Å². The second kappa shape index (κ2) is 4.02. The quantitative estimate of drug-likeness (QED) is 0.391. The number of aliphatic hydroxyl groups is 1. The second-order valence-electron chi connectivity index (χ2n) is 0.333. The summed E-state index contributed by atoms with van der Waals surface area (Å²) in [6, 6.07) is 0. The Morgan fingerprint density at radius 2 is 2.60 bits per heavy atom. The van der Waals surface area contributed by atoms with E-state index in [1.807, 2.05) is 0 Å². The molecule has 0 aliphatic rings. The van der Waals surface area contributed by atoms with Crippen LogP contribution in [0.25, 0.3) is 0 Å². The average Bonchev–Trinajstić information content (AvgIpc) is 1.41. The normalized spacial score (nSPS) is 9.00. The van der Waals surface area contributed by atoms with E-state index in [4.69, 9.17) is 9.67 Å². The van der Waals surface area contributed by atoms with Crippen molar-refractivity contribution in [2.75, 3.05) is 6.79 Å². The van der Waals surface area contributed by atoms with Crippen LogP contribution in [0.15, 0.2) is 0 Å². The maximum Gasteiger partial charge on any atom is 0.329 e. The van der Waals surface area contributed by atoms with E-state index in [0.29, 0.717) is 0 Å². The lowest BCUT2D eigenvalue weighted by atomic mass is 11.6. The lowest BCUT2D eigenvalue weighted by molar-refractivity contribution is 0.111. The first kappa shape index (κ1) is 5.02. The van der Waals surface area contributed by atoms with Crippen molar-refractivity contribution in [2.45, 2.75) is 0 Å². The topological polar surface area (TPSA) is 46.5 Å². The van der Waals surface area contributed by atoms with Gasteiger partial charge in [-0.25, -0.2) is 4.57 Å². The third-order valence-corrected chi connectivity index (χ3v) is 0.331. The van der Waals surface area contributed by atoms with Crippen LogP contribution in [0.4, 0.5) is 0 Å². The van der Waals surface area contributed by atoms with Crippen molar-refractivity contribution in [1.82, 2.24) is 0 Å². The van der Waals surface area contributed by atoms with Gasteiger partial charge in [0.05, 0.1) is 0 Å². The molecule has 0 aliphatic heterocycles. The highest BCUT2D eigenvalue weighted by Gasteiger charge is 1.66. The Hall–Kier alpha value is 0.0200. The highest BCUT2D eigenvalue weighted by Crippen LogP contribution is 1.87. The monoisotopic (exact) mass is 94.0 g/mol. The molecular formula is CH3O3P. The number of hydrogen-bond acceptors (Lipinski definition) is 3. The van der Waals surface area contributed by atoms with Gasteiger partial charge in [-0.2, -0.15) is 0 Å². The molecule has 0 rings (SSSR count). The van der Waals surface area contributed by atoms with Crippen LogP contribution in [0, 0.1) is 0 Å². The van der Waals surface area contributed by atoms with Crippen molar-refractivity contribution in [3.8, 4) is 0 Å². The van der Waals surface area contributed by atoms with Crippen LogP contribution >= 0.6 is 8.69 Å². The molecule has 0 radical (unpaired) electrons. The first-order valence-corrected chi connectivity index (χ1v) is 1.70. The van der Waals surface area contributed by atoms with Gasteiger partial charge in [-0.05, 0) is 0 Å². The first-order valence-electron chi connectivity index (χ1n) is 0.970. The molecule has 0 spiro atoms. The van der Waals surface area contributed by atoms with Gasteiger partial charge in [0, 0.05) is 0 Å². The lowest BCUT2D eigenvalue weighted by Crippen LogP contribution is -1.72. The third kappa shape index (κ3) is 4.02. The Kier molecular flexibility index (Phi) is 4.04. The minimum atomic E-state index is -0.481. The molecule has 0 saturated heterocycles. The zero-order valence-electron chi connectivity index (χ0n) is 2.42. The van der Waals surface area contributed by atoms with Crippen molar-refractivity contribution >= 4 is 8.69 Å². The van der Waals surface area contributed by atoms with E-state index in [2.05, 4.69) is 4.52 Å². The van der Waals surface area contributed by atoms with E-state index in [-0.39, 0.29) is 0 Å². The molecule has 0 aromatic heterocycles. The highest BCUT2D eigenvalue weighted by atomic mass is 31.1. The first-order chi connectivity index (χ1) is 2.41. The van der Waals surface area contributed by atoms with Gasteiger partial charge in [-0.15, -0.1) is 0 Å². The summed E-state index contributed by atoms with van der Waals surface area (Å²) >= 11 is 0. The Labute approximate surface area is 30.9 Å². The Bertz CT molecular complexity index is 28.1. The van der Waals surface area contributed by atoms with Gasteiger partial charge >= 0.3 is 8.69 Å². The molecule has 0 fully saturated rings. The van der Waals surface area contributed by atoms with Crippen molar-refractivity contribution in [2.24, 2.45) is 0 Å². The standard InChI is InChI=1S/CH3O3P/c2-1-4-5-3/h2H,1H2. The molecule has 3 nitrogen and oxygen atoms in total. The van der Waals surface area contributed by atoms with E-state index in [0.717, 1.165) is 0 Å². The molecule has 0 aromatic carbocycles. The number of rotatable bonds is 2. The fraction of sp³-hybridized carbons (Fsp3) is 1.00. The van der Waals surface area contributed by atoms with Crippen LogP contribution in [0.1, 0.15) is 0 Å². The van der Waals surface area contributed by atoms with E-state index in [1.165, 1.54) is 0 Å².